The number of likely N-dealkylation sites (tertiary alicyclic amines) is 1. The minimum atomic E-state index is -2.60. The van der Waals surface area contributed by atoms with Crippen LogP contribution in [0.4, 0.5) is 27.8 Å². The van der Waals surface area contributed by atoms with Crippen molar-refractivity contribution >= 4 is 27.5 Å². The number of phenolic OH excluding ortho intramolecular Hbond substituents is 1. The molecule has 4 unspecified atom stereocenters. The zero-order valence-electron chi connectivity index (χ0n) is 26.3. The highest BCUT2D eigenvalue weighted by Gasteiger charge is 2.55. The Balaban J connectivity index is 1.07. The Kier molecular flexibility index (Phi) is 6.86. The van der Waals surface area contributed by atoms with Gasteiger partial charge in [0.2, 0.25) is 0 Å². The van der Waals surface area contributed by atoms with Gasteiger partial charge >= 0.3 is 6.01 Å². The number of aromatic hydroxyl groups is 1. The molecule has 4 aromatic rings. The number of nitrogens with zero attached hydrogens (tertiary/aromatic N) is 4. The van der Waals surface area contributed by atoms with Gasteiger partial charge in [-0.1, -0.05) is 12.1 Å². The summed E-state index contributed by atoms with van der Waals surface area (Å²) in [4.78, 5) is 13.6. The lowest BCUT2D eigenvalue weighted by Gasteiger charge is -2.34. The van der Waals surface area contributed by atoms with Crippen LogP contribution in [-0.4, -0.2) is 77.3 Å². The number of phenols is 1. The minimum absolute atomic E-state index is 0.00198. The van der Waals surface area contributed by atoms with E-state index in [0.29, 0.717) is 50.3 Å². The summed E-state index contributed by atoms with van der Waals surface area (Å²) in [6.07, 6.45) is 4.39. The summed E-state index contributed by atoms with van der Waals surface area (Å²) in [5.74, 6) is -5.80. The van der Waals surface area contributed by atoms with Gasteiger partial charge in [-0.2, -0.15) is 9.97 Å². The molecule has 0 spiro atoms. The molecule has 2 aliphatic carbocycles. The van der Waals surface area contributed by atoms with Gasteiger partial charge in [-0.3, -0.25) is 0 Å². The monoisotopic (exact) mass is 665 g/mol. The fourth-order valence-corrected chi connectivity index (χ4v) is 8.84. The molecule has 4 atom stereocenters. The third-order valence-electron chi connectivity index (χ3n) is 11.5. The van der Waals surface area contributed by atoms with Crippen molar-refractivity contribution in [1.29, 1.82) is 0 Å². The molecule has 1 aromatic heterocycles. The largest absolute Gasteiger partial charge is 0.508 e. The number of hydrogen-bond acceptors (Lipinski definition) is 7. The van der Waals surface area contributed by atoms with Gasteiger partial charge in [-0.05, 0) is 73.2 Å². The second-order valence-corrected chi connectivity index (χ2v) is 14.8. The van der Waals surface area contributed by atoms with E-state index >= 15 is 8.78 Å². The van der Waals surface area contributed by atoms with Gasteiger partial charge < -0.3 is 25.0 Å². The maximum Gasteiger partial charge on any atom is 0.319 e. The Morgan fingerprint density at radius 2 is 1.67 bits per heavy atom. The standard InChI is InChI=1S/C36H36F5N5O2/c37-28-6-1-19-11-23(47)12-26(29(19)31(28)39)24-4-5-25-32(30(24)38)43-34(44-33(25)46-14-21-2-3-22(15-46)42-21)48-18-35(9-10-35)17-45-13-20-7-8-36(40,41)27(20)16-45/h1,4-6,11-12,20-22,27,42,47H,2-3,7-10,13-18H2. The lowest BCUT2D eigenvalue weighted by Crippen LogP contribution is -2.51. The number of aromatic nitrogens is 2. The van der Waals surface area contributed by atoms with E-state index in [0.717, 1.165) is 31.7 Å². The van der Waals surface area contributed by atoms with Crippen LogP contribution in [0.15, 0.2) is 36.4 Å². The molecule has 9 rings (SSSR count). The number of alkyl halides is 2. The van der Waals surface area contributed by atoms with Crippen molar-refractivity contribution in [2.24, 2.45) is 17.3 Å². The number of fused-ring (bicyclic) bond motifs is 5. The second kappa shape index (κ2) is 10.9. The Bertz CT molecular complexity index is 1940. The number of piperazine rings is 1. The topological polar surface area (TPSA) is 73.8 Å². The highest BCUT2D eigenvalue weighted by molar-refractivity contribution is 6.01. The normalized spacial score (nSPS) is 27.2. The van der Waals surface area contributed by atoms with E-state index in [-0.39, 0.29) is 75.6 Å². The zero-order valence-corrected chi connectivity index (χ0v) is 26.3. The van der Waals surface area contributed by atoms with Gasteiger partial charge in [0.15, 0.2) is 17.5 Å². The van der Waals surface area contributed by atoms with Crippen LogP contribution in [0.25, 0.3) is 32.8 Å². The van der Waals surface area contributed by atoms with Crippen molar-refractivity contribution in [2.75, 3.05) is 44.2 Å². The summed E-state index contributed by atoms with van der Waals surface area (Å²) in [6.45, 7) is 3.35. The second-order valence-electron chi connectivity index (χ2n) is 14.8. The summed E-state index contributed by atoms with van der Waals surface area (Å²) in [5.41, 5.74) is -0.268. The molecule has 3 aromatic carbocycles. The van der Waals surface area contributed by atoms with E-state index in [9.17, 15) is 18.3 Å². The summed E-state index contributed by atoms with van der Waals surface area (Å²) in [6, 6.07) is 8.59. The maximum absolute atomic E-state index is 16.7. The highest BCUT2D eigenvalue weighted by Crippen LogP contribution is 2.52. The van der Waals surface area contributed by atoms with E-state index in [4.69, 9.17) is 9.72 Å². The number of halogens is 5. The summed E-state index contributed by atoms with van der Waals surface area (Å²) in [5, 5.41) is 14.6. The van der Waals surface area contributed by atoms with Crippen LogP contribution >= 0.6 is 0 Å². The van der Waals surface area contributed by atoms with Crippen molar-refractivity contribution in [1.82, 2.24) is 20.2 Å². The molecule has 2 saturated carbocycles. The third-order valence-corrected chi connectivity index (χ3v) is 11.5. The van der Waals surface area contributed by atoms with Crippen LogP contribution in [0.3, 0.4) is 0 Å². The fraction of sp³-hybridized carbons (Fsp3) is 0.500. The molecule has 5 fully saturated rings. The third kappa shape index (κ3) is 5.05. The van der Waals surface area contributed by atoms with Gasteiger partial charge in [-0.15, -0.1) is 0 Å². The van der Waals surface area contributed by atoms with Crippen LogP contribution < -0.4 is 15.0 Å². The number of rotatable bonds is 7. The van der Waals surface area contributed by atoms with Crippen molar-refractivity contribution in [3.8, 4) is 22.9 Å². The molecular formula is C36H36F5N5O2. The molecule has 0 radical (unpaired) electrons. The first-order valence-electron chi connectivity index (χ1n) is 16.9. The molecule has 48 heavy (non-hydrogen) atoms. The average Bonchev–Trinajstić information content (AvgIpc) is 3.42. The van der Waals surface area contributed by atoms with Crippen LogP contribution in [0.1, 0.15) is 38.5 Å². The first-order chi connectivity index (χ1) is 23.1. The summed E-state index contributed by atoms with van der Waals surface area (Å²) in [7, 11) is 0. The van der Waals surface area contributed by atoms with Crippen LogP contribution in [0, 0.1) is 34.7 Å². The molecule has 0 amide bonds. The van der Waals surface area contributed by atoms with E-state index in [1.165, 1.54) is 24.3 Å². The minimum Gasteiger partial charge on any atom is -0.508 e. The van der Waals surface area contributed by atoms with Gasteiger partial charge in [0.1, 0.15) is 17.1 Å². The van der Waals surface area contributed by atoms with Crippen molar-refractivity contribution in [3.63, 3.8) is 0 Å². The van der Waals surface area contributed by atoms with E-state index in [1.54, 1.807) is 6.07 Å². The molecule has 2 bridgehead atoms. The molecule has 4 heterocycles. The average molecular weight is 666 g/mol. The predicted molar refractivity (Wildman–Crippen MR) is 171 cm³/mol. The van der Waals surface area contributed by atoms with Crippen molar-refractivity contribution in [3.05, 3.63) is 53.8 Å². The van der Waals surface area contributed by atoms with Gasteiger partial charge in [0.25, 0.3) is 5.92 Å². The highest BCUT2D eigenvalue weighted by atomic mass is 19.3. The number of benzene rings is 3. The quantitative estimate of drug-likeness (QED) is 0.214. The number of ether oxygens (including phenoxy) is 1. The van der Waals surface area contributed by atoms with Crippen molar-refractivity contribution < 1.29 is 31.8 Å². The molecule has 3 aliphatic heterocycles. The maximum atomic E-state index is 16.7. The molecule has 3 saturated heterocycles. The number of anilines is 1. The van der Waals surface area contributed by atoms with Gasteiger partial charge in [-0.25, -0.2) is 22.0 Å². The molecule has 7 nitrogen and oxygen atoms in total. The Morgan fingerprint density at radius 1 is 0.875 bits per heavy atom. The summed E-state index contributed by atoms with van der Waals surface area (Å²) < 4.78 is 81.3. The van der Waals surface area contributed by atoms with Crippen LogP contribution in [0.2, 0.25) is 0 Å². The van der Waals surface area contributed by atoms with E-state index in [2.05, 4.69) is 20.1 Å². The Hall–Kier alpha value is -3.77. The molecule has 2 N–H and O–H groups in total. The summed E-state index contributed by atoms with van der Waals surface area (Å²) >= 11 is 0. The number of hydrogen-bond donors (Lipinski definition) is 2. The molecular weight excluding hydrogens is 629 g/mol. The zero-order chi connectivity index (χ0) is 32.9. The Labute approximate surface area is 274 Å². The van der Waals surface area contributed by atoms with Gasteiger partial charge in [0, 0.05) is 78.9 Å². The smallest absolute Gasteiger partial charge is 0.319 e. The predicted octanol–water partition coefficient (Wildman–Crippen LogP) is 6.65. The first-order valence-corrected chi connectivity index (χ1v) is 16.9. The van der Waals surface area contributed by atoms with Crippen LogP contribution in [-0.2, 0) is 0 Å². The lowest BCUT2D eigenvalue weighted by molar-refractivity contribution is -0.0405. The molecule has 5 aliphatic rings. The van der Waals surface area contributed by atoms with E-state index in [1.807, 2.05) is 0 Å². The lowest BCUT2D eigenvalue weighted by atomic mass is 9.95. The van der Waals surface area contributed by atoms with Crippen LogP contribution in [0.5, 0.6) is 11.8 Å². The van der Waals surface area contributed by atoms with Crippen molar-refractivity contribution in [2.45, 2.75) is 56.5 Å². The molecule has 12 heteroatoms. The fourth-order valence-electron chi connectivity index (χ4n) is 8.84. The van der Waals surface area contributed by atoms with E-state index < -0.39 is 29.3 Å². The molecule has 252 valence electrons. The number of nitrogens with one attached hydrogen (secondary N) is 1. The SMILES string of the molecule is Oc1cc(-c2ccc3c(N4CC5CCC(C4)N5)nc(OCC4(CN5CC6CCC(F)(F)C6C5)CC4)nc3c2F)c2c(F)c(F)ccc2c1. The first kappa shape index (κ1) is 30.3. The Morgan fingerprint density at radius 3 is 2.42 bits per heavy atom. The van der Waals surface area contributed by atoms with Gasteiger partial charge in [0.05, 0.1) is 6.61 Å².